The van der Waals surface area contributed by atoms with Crippen LogP contribution >= 0.6 is 0 Å². The zero-order valence-corrected chi connectivity index (χ0v) is 51.7. The number of imidazole rings is 1. The Kier molecular flexibility index (Phi) is 25.1. The van der Waals surface area contributed by atoms with E-state index in [1.807, 2.05) is 78.9 Å². The molecule has 3 amide bonds. The molecule has 0 saturated carbocycles. The molecule has 4 aromatic carbocycles. The number of hydrogen-bond acceptors (Lipinski definition) is 24. The molecule has 0 spiro atoms. The number of carbonyl (C=O) groups is 6. The lowest BCUT2D eigenvalue weighted by atomic mass is 9.80. The fourth-order valence-corrected chi connectivity index (χ4v) is 10.5. The average Bonchev–Trinajstić information content (AvgIpc) is 1.11. The van der Waals surface area contributed by atoms with Crippen molar-refractivity contribution in [2.45, 2.75) is 108 Å². The quantitative estimate of drug-likeness (QED) is 0.00754. The molecule has 0 radical (unpaired) electrons. The molecular weight excluding hydrogens is 1200 g/mol. The van der Waals surface area contributed by atoms with Crippen molar-refractivity contribution in [2.75, 3.05) is 72.3 Å². The van der Waals surface area contributed by atoms with Gasteiger partial charge in [-0.2, -0.15) is 5.10 Å². The molecule has 2 aromatic heterocycles. The summed E-state index contributed by atoms with van der Waals surface area (Å²) in [6, 6.07) is 32.2. The average molecular weight is 1270 g/mol. The Balaban J connectivity index is 0.873. The summed E-state index contributed by atoms with van der Waals surface area (Å²) in [6.07, 6.45) is -4.40. The first kappa shape index (κ1) is 68.6. The Morgan fingerprint density at radius 2 is 1.37 bits per heavy atom. The zero-order chi connectivity index (χ0) is 65.6. The monoisotopic (exact) mass is 1270 g/mol. The zero-order valence-electron chi connectivity index (χ0n) is 51.7. The molecule has 4 heterocycles. The second-order valence-corrected chi connectivity index (χ2v) is 21.2. The van der Waals surface area contributed by atoms with Crippen LogP contribution in [0.4, 0.5) is 5.82 Å². The molecule has 490 valence electrons. The summed E-state index contributed by atoms with van der Waals surface area (Å²) in [4.78, 5) is 92.1. The number of fused-ring (bicyclic) bond motifs is 1. The number of carbonyl (C=O) groups excluding carboxylic acids is 6. The smallest absolute Gasteiger partial charge is 0.303 e. The maximum atomic E-state index is 13.3. The van der Waals surface area contributed by atoms with E-state index in [0.717, 1.165) is 30.5 Å². The van der Waals surface area contributed by atoms with Gasteiger partial charge < -0.3 is 79.0 Å². The number of ether oxygens (including phenoxy) is 11. The van der Waals surface area contributed by atoms with Gasteiger partial charge in [0.15, 0.2) is 41.7 Å². The molecule has 5 unspecified atom stereocenters. The first-order chi connectivity index (χ1) is 44.5. The number of hydrazone groups is 1. The number of nitrogens with two attached hydrogens (primary N) is 1. The number of hydrogen-bond donors (Lipinski definition) is 5. The van der Waals surface area contributed by atoms with Crippen molar-refractivity contribution >= 4 is 64.5 Å². The van der Waals surface area contributed by atoms with Crippen LogP contribution in [0.5, 0.6) is 11.5 Å². The predicted molar refractivity (Wildman–Crippen MR) is 330 cm³/mol. The van der Waals surface area contributed by atoms with Gasteiger partial charge in [0.05, 0.1) is 53.5 Å². The first-order valence-electron chi connectivity index (χ1n) is 29.6. The second kappa shape index (κ2) is 33.7. The number of benzene rings is 4. The van der Waals surface area contributed by atoms with E-state index in [0.29, 0.717) is 29.9 Å². The van der Waals surface area contributed by atoms with Crippen LogP contribution in [0.2, 0.25) is 0 Å². The van der Waals surface area contributed by atoms with Crippen LogP contribution in [0, 0.1) is 0 Å². The van der Waals surface area contributed by atoms with Crippen molar-refractivity contribution in [3.8, 4) is 11.5 Å². The number of aromatic nitrogens is 4. The summed E-state index contributed by atoms with van der Waals surface area (Å²) in [7, 11) is 3.18. The van der Waals surface area contributed by atoms with Gasteiger partial charge in [0.2, 0.25) is 11.8 Å². The minimum atomic E-state index is -1.35. The van der Waals surface area contributed by atoms with Gasteiger partial charge in [0.1, 0.15) is 66.2 Å². The summed E-state index contributed by atoms with van der Waals surface area (Å²) in [5.74, 6) is 4.03. The maximum Gasteiger partial charge on any atom is 0.303 e. The fourth-order valence-electron chi connectivity index (χ4n) is 10.5. The number of unbranched alkanes of at least 4 members (excludes halogenated alkanes) is 1. The number of aliphatic hydroxyl groups is 1. The molecule has 28 nitrogen and oxygen atoms in total. The summed E-state index contributed by atoms with van der Waals surface area (Å²) in [5, 5.41) is 24.6. The van der Waals surface area contributed by atoms with E-state index < -0.39 is 90.5 Å². The molecule has 92 heavy (non-hydrogen) atoms. The maximum absolute atomic E-state index is 13.3. The van der Waals surface area contributed by atoms with Crippen molar-refractivity contribution in [2.24, 2.45) is 15.9 Å². The van der Waals surface area contributed by atoms with Gasteiger partial charge in [0.25, 0.3) is 5.91 Å². The van der Waals surface area contributed by atoms with Gasteiger partial charge in [-0.3, -0.25) is 38.3 Å². The Morgan fingerprint density at radius 1 is 0.717 bits per heavy atom. The van der Waals surface area contributed by atoms with E-state index in [-0.39, 0.29) is 87.8 Å². The lowest BCUT2D eigenvalue weighted by Gasteiger charge is -2.44. The highest BCUT2D eigenvalue weighted by Crippen LogP contribution is 2.44. The number of aliphatic imine (C=N–C) groups is 1. The lowest BCUT2D eigenvalue weighted by molar-refractivity contribution is -0.277. The number of methoxy groups -OCH3 is 2. The van der Waals surface area contributed by atoms with E-state index in [4.69, 9.17) is 57.9 Å². The standard InChI is InChI=1S/C64H76N10O18/c1-39(75)71-53-57(90-42(4)78)56(89-41(3)77)51(35-86-40(2)76)92-63(53)85-30-14-13-19-52(79)67-29-32-84-31-28-66-33-47(73-65)34-87-58-55(80)50(91-62(58)74-38-70-54-59(68-37-69-60(54)74)72-61(81)43-15-9-7-10-16-43)36-88-64(44-17-11-8-12-18-44,45-20-24-48(82-5)25-21-45)46-22-26-49(83-6)27-23-46/h7-12,15-18,20-27,33,37-38,50-51,53,55-58,62-63,80H,13-14,19,28-32,34-36,65H2,1-6H3,(H,67,79)(H,71,75)(H,68,69,72,81)/t50-,51?,53?,55-,56?,57?,58-,62-,63?/m1/s1. The van der Waals surface area contributed by atoms with Crippen LogP contribution in [0.3, 0.4) is 0 Å². The molecule has 28 heteroatoms. The molecule has 9 atom stereocenters. The third kappa shape index (κ3) is 18.0. The molecule has 2 aliphatic rings. The number of anilines is 1. The summed E-state index contributed by atoms with van der Waals surface area (Å²) in [6.45, 7) is 4.71. The van der Waals surface area contributed by atoms with Crippen LogP contribution in [0.25, 0.3) is 11.2 Å². The van der Waals surface area contributed by atoms with Gasteiger partial charge in [-0.15, -0.1) is 0 Å². The summed E-state index contributed by atoms with van der Waals surface area (Å²) >= 11 is 0. The molecule has 2 saturated heterocycles. The molecular formula is C64H76N10O18. The van der Waals surface area contributed by atoms with Gasteiger partial charge in [-0.05, 0) is 65.9 Å². The van der Waals surface area contributed by atoms with E-state index in [2.05, 4.69) is 41.0 Å². The van der Waals surface area contributed by atoms with Gasteiger partial charge >= 0.3 is 17.9 Å². The minimum absolute atomic E-state index is 0.0487. The molecule has 6 N–H and O–H groups in total. The molecule has 8 rings (SSSR count). The van der Waals surface area contributed by atoms with Crippen LogP contribution in [0.1, 0.15) is 80.2 Å². The van der Waals surface area contributed by atoms with E-state index in [1.165, 1.54) is 32.7 Å². The molecule has 2 fully saturated rings. The molecule has 0 bridgehead atoms. The topological polar surface area (TPSA) is 355 Å². The van der Waals surface area contributed by atoms with Crippen LogP contribution in [0.15, 0.2) is 132 Å². The third-order valence-electron chi connectivity index (χ3n) is 14.8. The van der Waals surface area contributed by atoms with Gasteiger partial charge in [0, 0.05) is 59.0 Å². The molecule has 0 aliphatic carbocycles. The molecule has 6 aromatic rings. The fraction of sp³-hybridized carbons (Fsp3) is 0.422. The second-order valence-electron chi connectivity index (χ2n) is 21.2. The first-order valence-corrected chi connectivity index (χ1v) is 29.6. The van der Waals surface area contributed by atoms with E-state index in [9.17, 15) is 33.9 Å². The van der Waals surface area contributed by atoms with Crippen molar-refractivity contribution in [3.63, 3.8) is 0 Å². The number of amides is 3. The number of nitrogens with zero attached hydrogens (tertiary/aromatic N) is 6. The third-order valence-corrected chi connectivity index (χ3v) is 14.8. The van der Waals surface area contributed by atoms with Crippen molar-refractivity contribution in [1.82, 2.24) is 30.2 Å². The Hall–Kier alpha value is -9.29. The molecule has 2 aliphatic heterocycles. The summed E-state index contributed by atoms with van der Waals surface area (Å²) < 4.78 is 66.8. The highest BCUT2D eigenvalue weighted by Gasteiger charge is 2.52. The minimum Gasteiger partial charge on any atom is -0.497 e. The predicted octanol–water partition coefficient (Wildman–Crippen LogP) is 4.11. The van der Waals surface area contributed by atoms with Crippen LogP contribution < -0.4 is 31.3 Å². The highest BCUT2D eigenvalue weighted by atomic mass is 16.7. The number of rotatable bonds is 32. The van der Waals surface area contributed by atoms with Crippen molar-refractivity contribution < 1.29 is 86.0 Å². The normalized spacial score (nSPS) is 20.7. The Bertz CT molecular complexity index is 3420. The summed E-state index contributed by atoms with van der Waals surface area (Å²) in [5.41, 5.74) is 2.14. The van der Waals surface area contributed by atoms with Crippen molar-refractivity contribution in [1.29, 1.82) is 0 Å². The van der Waals surface area contributed by atoms with E-state index >= 15 is 0 Å². The largest absolute Gasteiger partial charge is 0.497 e. The lowest BCUT2D eigenvalue weighted by Crippen LogP contribution is -2.66. The highest BCUT2D eigenvalue weighted by molar-refractivity contribution is 6.31. The van der Waals surface area contributed by atoms with Crippen LogP contribution in [-0.4, -0.2) is 188 Å². The Labute approximate surface area is 530 Å². The SMILES string of the molecule is COc1ccc(C(OC[C@H]2O[C@@H](n3cnc4c(NC(=O)c5ccccc5)ncnc43)[C@H](OCC(C=NCCOCCNC(=O)CCCCOC3OC(COC(C)=O)C(OC(C)=O)C(OC(C)=O)C3NC(C)=O)=NN)[C@@H]2O)(c2ccccc2)c2ccc(OC)cc2)cc1. The van der Waals surface area contributed by atoms with Crippen molar-refractivity contribution in [3.05, 3.63) is 144 Å². The van der Waals surface area contributed by atoms with Gasteiger partial charge in [-0.25, -0.2) is 15.0 Å². The van der Waals surface area contributed by atoms with Gasteiger partial charge in [-0.1, -0.05) is 72.8 Å². The number of nitrogens with one attached hydrogen (secondary N) is 3. The number of esters is 3. The Morgan fingerprint density at radius 3 is 2.00 bits per heavy atom. The number of aliphatic hydroxyl groups excluding tert-OH is 1. The van der Waals surface area contributed by atoms with E-state index in [1.54, 1.807) is 49.1 Å². The van der Waals surface area contributed by atoms with Crippen LogP contribution in [-0.2, 0) is 72.2 Å².